The van der Waals surface area contributed by atoms with E-state index in [1.54, 1.807) is 11.2 Å². The highest BCUT2D eigenvalue weighted by Gasteiger charge is 2.18. The van der Waals surface area contributed by atoms with Crippen molar-refractivity contribution in [3.05, 3.63) is 60.1 Å². The van der Waals surface area contributed by atoms with Crippen LogP contribution in [0.5, 0.6) is 0 Å². The third-order valence-electron chi connectivity index (χ3n) is 3.70. The number of rotatable bonds is 7. The van der Waals surface area contributed by atoms with Gasteiger partial charge in [0.25, 0.3) is 0 Å². The average Bonchev–Trinajstić information content (AvgIpc) is 3.00. The first kappa shape index (κ1) is 16.3. The molecule has 1 amide bonds. The zero-order chi connectivity index (χ0) is 15.9. The van der Waals surface area contributed by atoms with Crippen molar-refractivity contribution in [3.8, 4) is 0 Å². The minimum Gasteiger partial charge on any atom is -0.467 e. The summed E-state index contributed by atoms with van der Waals surface area (Å²) in [6.45, 7) is 5.91. The van der Waals surface area contributed by atoms with Crippen molar-refractivity contribution < 1.29 is 9.21 Å². The van der Waals surface area contributed by atoms with Gasteiger partial charge in [0.05, 0.1) is 19.4 Å². The molecule has 0 aliphatic rings. The summed E-state index contributed by atoms with van der Waals surface area (Å²) in [5.41, 5.74) is 1.22. The Balaban J connectivity index is 1.93. The van der Waals surface area contributed by atoms with E-state index in [1.807, 2.05) is 37.4 Å². The summed E-state index contributed by atoms with van der Waals surface area (Å²) in [6, 6.07) is 14.3. The van der Waals surface area contributed by atoms with Crippen molar-refractivity contribution in [1.82, 2.24) is 9.80 Å². The zero-order valence-corrected chi connectivity index (χ0v) is 13.5. The second-order valence-corrected chi connectivity index (χ2v) is 5.81. The number of carbonyl (C=O) groups is 1. The Morgan fingerprint density at radius 3 is 2.41 bits per heavy atom. The summed E-state index contributed by atoms with van der Waals surface area (Å²) >= 11 is 0. The van der Waals surface area contributed by atoms with E-state index in [-0.39, 0.29) is 5.91 Å². The van der Waals surface area contributed by atoms with Gasteiger partial charge in [0.1, 0.15) is 5.76 Å². The summed E-state index contributed by atoms with van der Waals surface area (Å²) in [7, 11) is 1.81. The largest absolute Gasteiger partial charge is 0.467 e. The zero-order valence-electron chi connectivity index (χ0n) is 13.5. The number of amides is 1. The Kier molecular flexibility index (Phi) is 5.78. The minimum absolute atomic E-state index is 0.0982. The van der Waals surface area contributed by atoms with Crippen LogP contribution < -0.4 is 0 Å². The van der Waals surface area contributed by atoms with Crippen molar-refractivity contribution in [1.29, 1.82) is 0 Å². The number of likely N-dealkylation sites (N-methyl/N-ethyl adjacent to an activating group) is 1. The molecule has 0 saturated heterocycles. The molecule has 0 radical (unpaired) electrons. The first-order valence-electron chi connectivity index (χ1n) is 7.60. The van der Waals surface area contributed by atoms with Gasteiger partial charge in [0.2, 0.25) is 5.91 Å². The predicted molar refractivity (Wildman–Crippen MR) is 87.2 cm³/mol. The molecule has 4 nitrogen and oxygen atoms in total. The molecule has 4 heteroatoms. The Bertz CT molecular complexity index is 564. The Morgan fingerprint density at radius 1 is 1.09 bits per heavy atom. The predicted octanol–water partition coefficient (Wildman–Crippen LogP) is 3.15. The van der Waals surface area contributed by atoms with Gasteiger partial charge in [-0.2, -0.15) is 0 Å². The van der Waals surface area contributed by atoms with Crippen molar-refractivity contribution >= 4 is 5.91 Å². The maximum Gasteiger partial charge on any atom is 0.236 e. The highest BCUT2D eigenvalue weighted by molar-refractivity contribution is 5.78. The van der Waals surface area contributed by atoms with E-state index in [4.69, 9.17) is 4.42 Å². The third kappa shape index (κ3) is 4.74. The van der Waals surface area contributed by atoms with Gasteiger partial charge in [0, 0.05) is 19.6 Å². The highest BCUT2D eigenvalue weighted by atomic mass is 16.3. The molecule has 0 aliphatic carbocycles. The first-order chi connectivity index (χ1) is 10.6. The van der Waals surface area contributed by atoms with Gasteiger partial charge < -0.3 is 9.32 Å². The highest BCUT2D eigenvalue weighted by Crippen LogP contribution is 2.10. The summed E-state index contributed by atoms with van der Waals surface area (Å²) in [4.78, 5) is 16.3. The van der Waals surface area contributed by atoms with Crippen LogP contribution in [0.15, 0.2) is 53.1 Å². The van der Waals surface area contributed by atoms with E-state index >= 15 is 0 Å². The van der Waals surface area contributed by atoms with E-state index in [9.17, 15) is 4.79 Å². The van der Waals surface area contributed by atoms with Crippen molar-refractivity contribution in [2.45, 2.75) is 33.0 Å². The molecule has 1 aromatic carbocycles. The fourth-order valence-corrected chi connectivity index (χ4v) is 2.26. The van der Waals surface area contributed by atoms with Crippen LogP contribution in [0.1, 0.15) is 25.2 Å². The molecule has 1 heterocycles. The molecule has 0 saturated carbocycles. The maximum absolute atomic E-state index is 12.4. The van der Waals surface area contributed by atoms with Gasteiger partial charge in [-0.15, -0.1) is 0 Å². The number of furan rings is 1. The van der Waals surface area contributed by atoms with Crippen molar-refractivity contribution in [3.63, 3.8) is 0 Å². The van der Waals surface area contributed by atoms with Crippen LogP contribution in [0.25, 0.3) is 0 Å². The molecule has 0 bridgehead atoms. The molecule has 0 aliphatic heterocycles. The van der Waals surface area contributed by atoms with Crippen LogP contribution in [0, 0.1) is 0 Å². The van der Waals surface area contributed by atoms with Crippen LogP contribution in [-0.2, 0) is 17.9 Å². The molecule has 2 aromatic rings. The molecule has 0 fully saturated rings. The van der Waals surface area contributed by atoms with Gasteiger partial charge >= 0.3 is 0 Å². The number of nitrogens with zero attached hydrogens (tertiary/aromatic N) is 2. The van der Waals surface area contributed by atoms with Crippen LogP contribution in [0.2, 0.25) is 0 Å². The van der Waals surface area contributed by atoms with Crippen LogP contribution in [-0.4, -0.2) is 35.3 Å². The monoisotopic (exact) mass is 300 g/mol. The SMILES string of the molecule is CC(C)N(CC(=O)N(C)Cc1ccco1)Cc1ccccc1. The van der Waals surface area contributed by atoms with E-state index in [2.05, 4.69) is 30.9 Å². The normalized spacial score (nSPS) is 11.1. The lowest BCUT2D eigenvalue weighted by Crippen LogP contribution is -2.40. The van der Waals surface area contributed by atoms with Crippen LogP contribution in [0.4, 0.5) is 0 Å². The molecule has 0 N–H and O–H groups in total. The van der Waals surface area contributed by atoms with Gasteiger partial charge in [0.15, 0.2) is 0 Å². The fourth-order valence-electron chi connectivity index (χ4n) is 2.26. The molecule has 2 rings (SSSR count). The van der Waals surface area contributed by atoms with E-state index in [1.165, 1.54) is 5.56 Å². The summed E-state index contributed by atoms with van der Waals surface area (Å²) in [5.74, 6) is 0.899. The Morgan fingerprint density at radius 2 is 1.82 bits per heavy atom. The Labute approximate surface area is 132 Å². The lowest BCUT2D eigenvalue weighted by molar-refractivity contribution is -0.132. The van der Waals surface area contributed by atoms with E-state index < -0.39 is 0 Å². The molecular weight excluding hydrogens is 276 g/mol. The van der Waals surface area contributed by atoms with E-state index in [0.29, 0.717) is 19.1 Å². The molecule has 0 spiro atoms. The van der Waals surface area contributed by atoms with Crippen LogP contribution in [0.3, 0.4) is 0 Å². The van der Waals surface area contributed by atoms with E-state index in [0.717, 1.165) is 12.3 Å². The standard InChI is InChI=1S/C18H24N2O2/c1-15(2)20(12-16-8-5-4-6-9-16)14-18(21)19(3)13-17-10-7-11-22-17/h4-11,15H,12-14H2,1-3H3. The van der Waals surface area contributed by atoms with Gasteiger partial charge in [-0.3, -0.25) is 9.69 Å². The average molecular weight is 300 g/mol. The lowest BCUT2D eigenvalue weighted by atomic mass is 10.2. The second kappa shape index (κ2) is 7.80. The minimum atomic E-state index is 0.0982. The van der Waals surface area contributed by atoms with Crippen molar-refractivity contribution in [2.75, 3.05) is 13.6 Å². The molecule has 118 valence electrons. The van der Waals surface area contributed by atoms with Gasteiger partial charge in [-0.1, -0.05) is 30.3 Å². The molecule has 22 heavy (non-hydrogen) atoms. The third-order valence-corrected chi connectivity index (χ3v) is 3.70. The summed E-state index contributed by atoms with van der Waals surface area (Å²) in [6.07, 6.45) is 1.63. The first-order valence-corrected chi connectivity index (χ1v) is 7.60. The number of carbonyl (C=O) groups excluding carboxylic acids is 1. The molecular formula is C18H24N2O2. The second-order valence-electron chi connectivity index (χ2n) is 5.81. The summed E-state index contributed by atoms with van der Waals surface area (Å²) in [5, 5.41) is 0. The molecule has 1 aromatic heterocycles. The lowest BCUT2D eigenvalue weighted by Gasteiger charge is -2.28. The maximum atomic E-state index is 12.4. The number of hydrogen-bond donors (Lipinski definition) is 0. The van der Waals surface area contributed by atoms with Gasteiger partial charge in [-0.05, 0) is 31.5 Å². The Hall–Kier alpha value is -2.07. The summed E-state index contributed by atoms with van der Waals surface area (Å²) < 4.78 is 5.29. The number of hydrogen-bond acceptors (Lipinski definition) is 3. The van der Waals surface area contributed by atoms with Crippen molar-refractivity contribution in [2.24, 2.45) is 0 Å². The quantitative estimate of drug-likeness (QED) is 0.788. The molecule has 0 unspecified atom stereocenters. The van der Waals surface area contributed by atoms with Gasteiger partial charge in [-0.25, -0.2) is 0 Å². The van der Waals surface area contributed by atoms with Crippen LogP contribution >= 0.6 is 0 Å². The fraction of sp³-hybridized carbons (Fsp3) is 0.389. The smallest absolute Gasteiger partial charge is 0.236 e. The topological polar surface area (TPSA) is 36.7 Å². The molecule has 0 atom stereocenters. The number of benzene rings is 1.